The van der Waals surface area contributed by atoms with Crippen molar-refractivity contribution in [3.05, 3.63) is 58.5 Å². The molecule has 0 amide bonds. The molecule has 0 aliphatic rings. The number of pyridine rings is 1. The molecule has 0 bridgehead atoms. The Kier molecular flexibility index (Phi) is 10.6. The van der Waals surface area contributed by atoms with Crippen molar-refractivity contribution in [2.45, 2.75) is 12.3 Å². The van der Waals surface area contributed by atoms with Crippen LogP contribution in [0.4, 0.5) is 4.39 Å². The number of halogens is 3. The minimum atomic E-state index is -3.23. The summed E-state index contributed by atoms with van der Waals surface area (Å²) in [6, 6.07) is 7.44. The van der Waals surface area contributed by atoms with E-state index in [0.29, 0.717) is 41.1 Å². The Morgan fingerprint density at radius 1 is 1.28 bits per heavy atom. The lowest BCUT2D eigenvalue weighted by molar-refractivity contribution is 0.310. The first kappa shape index (κ1) is 25.4. The molecular weight excluding hydrogens is 534 g/mol. The van der Waals surface area contributed by atoms with Gasteiger partial charge >= 0.3 is 0 Å². The molecule has 7 nitrogen and oxygen atoms in total. The summed E-state index contributed by atoms with van der Waals surface area (Å²) in [5.41, 5.74) is 1.09. The molecule has 29 heavy (non-hydrogen) atoms. The van der Waals surface area contributed by atoms with E-state index in [4.69, 9.17) is 16.3 Å². The van der Waals surface area contributed by atoms with Crippen molar-refractivity contribution in [1.29, 1.82) is 0 Å². The fourth-order valence-electron chi connectivity index (χ4n) is 2.38. The molecule has 0 aliphatic heterocycles. The average molecular weight is 557 g/mol. The normalized spacial score (nSPS) is 11.5. The maximum Gasteiger partial charge on any atom is 0.232 e. The number of guanidine groups is 1. The minimum Gasteiger partial charge on any atom is -0.475 e. The molecule has 0 atom stereocenters. The molecule has 0 fully saturated rings. The molecule has 2 aromatic rings. The van der Waals surface area contributed by atoms with E-state index in [9.17, 15) is 12.8 Å². The minimum absolute atomic E-state index is 0. The third-order valence-corrected chi connectivity index (χ3v) is 4.74. The van der Waals surface area contributed by atoms with Crippen LogP contribution in [0.5, 0.6) is 5.88 Å². The van der Waals surface area contributed by atoms with Crippen molar-refractivity contribution in [3.8, 4) is 5.88 Å². The summed E-state index contributed by atoms with van der Waals surface area (Å²) in [6.07, 6.45) is 2.73. The maximum absolute atomic E-state index is 13.6. The van der Waals surface area contributed by atoms with E-state index in [-0.39, 0.29) is 36.3 Å². The Labute approximate surface area is 192 Å². The van der Waals surface area contributed by atoms with Crippen LogP contribution in [0.25, 0.3) is 0 Å². The zero-order valence-corrected chi connectivity index (χ0v) is 19.9. The number of rotatable bonds is 8. The van der Waals surface area contributed by atoms with Crippen LogP contribution in [0.3, 0.4) is 0 Å². The number of benzene rings is 1. The smallest absolute Gasteiger partial charge is 0.232 e. The fourth-order valence-corrected chi connectivity index (χ4v) is 3.40. The highest BCUT2D eigenvalue weighted by atomic mass is 127. The van der Waals surface area contributed by atoms with Gasteiger partial charge in [0, 0.05) is 26.0 Å². The van der Waals surface area contributed by atoms with E-state index in [2.05, 4.69) is 20.6 Å². The van der Waals surface area contributed by atoms with Gasteiger partial charge in [0.2, 0.25) is 5.88 Å². The topological polar surface area (TPSA) is 92.7 Å². The first-order chi connectivity index (χ1) is 13.3. The Hall–Kier alpha value is -1.66. The van der Waals surface area contributed by atoms with Crippen LogP contribution in [0.1, 0.15) is 11.1 Å². The van der Waals surface area contributed by atoms with Gasteiger partial charge in [-0.3, -0.25) is 4.99 Å². The number of nitrogens with zero attached hydrogens (tertiary/aromatic N) is 2. The van der Waals surface area contributed by atoms with Gasteiger partial charge in [0.05, 0.1) is 12.3 Å². The highest BCUT2D eigenvalue weighted by Crippen LogP contribution is 2.19. The molecule has 0 spiro atoms. The van der Waals surface area contributed by atoms with Crippen LogP contribution in [0.15, 0.2) is 41.5 Å². The molecule has 160 valence electrons. The molecule has 0 saturated carbocycles. The van der Waals surface area contributed by atoms with Gasteiger partial charge < -0.3 is 15.4 Å². The lowest BCUT2D eigenvalue weighted by Gasteiger charge is -2.14. The molecule has 11 heteroatoms. The molecule has 1 aromatic carbocycles. The van der Waals surface area contributed by atoms with Crippen LogP contribution in [0.2, 0.25) is 5.02 Å². The molecule has 0 radical (unpaired) electrons. The standard InChI is InChI=1S/C18H22ClFN4O3S.HI/c1-21-18(23-8-9-27-17-16(19)4-3-7-22-17)24-11-14-10-15(20)6-5-13(14)12-28(2,25)26;/h3-7,10H,8-9,11-12H2,1-2H3,(H2,21,23,24);1H. The fraction of sp³-hybridized carbons (Fsp3) is 0.333. The molecule has 0 aliphatic carbocycles. The van der Waals surface area contributed by atoms with E-state index in [1.54, 1.807) is 25.4 Å². The molecule has 0 unspecified atom stereocenters. The number of aromatic nitrogens is 1. The average Bonchev–Trinajstić information content (AvgIpc) is 2.63. The Morgan fingerprint density at radius 3 is 2.69 bits per heavy atom. The summed E-state index contributed by atoms with van der Waals surface area (Å²) < 4.78 is 42.2. The highest BCUT2D eigenvalue weighted by molar-refractivity contribution is 14.0. The largest absolute Gasteiger partial charge is 0.475 e. The first-order valence-electron chi connectivity index (χ1n) is 8.41. The summed E-state index contributed by atoms with van der Waals surface area (Å²) in [5, 5.41) is 6.50. The van der Waals surface area contributed by atoms with Crippen LogP contribution >= 0.6 is 35.6 Å². The summed E-state index contributed by atoms with van der Waals surface area (Å²) in [5.74, 6) is 0.219. The molecule has 1 aromatic heterocycles. The molecule has 2 rings (SSSR count). The maximum atomic E-state index is 13.6. The lowest BCUT2D eigenvalue weighted by Crippen LogP contribution is -2.39. The molecule has 2 N–H and O–H groups in total. The number of hydrogen-bond donors (Lipinski definition) is 2. The van der Waals surface area contributed by atoms with Gasteiger partial charge in [0.15, 0.2) is 15.8 Å². The third kappa shape index (κ3) is 9.13. The summed E-state index contributed by atoms with van der Waals surface area (Å²) >= 11 is 5.97. The monoisotopic (exact) mass is 556 g/mol. The summed E-state index contributed by atoms with van der Waals surface area (Å²) in [4.78, 5) is 8.10. The lowest BCUT2D eigenvalue weighted by atomic mass is 10.1. The number of sulfone groups is 1. The van der Waals surface area contributed by atoms with Gasteiger partial charge in [0.25, 0.3) is 0 Å². The van der Waals surface area contributed by atoms with Crippen LogP contribution in [0, 0.1) is 5.82 Å². The van der Waals surface area contributed by atoms with Crippen molar-refractivity contribution >= 4 is 51.4 Å². The van der Waals surface area contributed by atoms with E-state index in [1.807, 2.05) is 0 Å². The predicted molar refractivity (Wildman–Crippen MR) is 123 cm³/mol. The van der Waals surface area contributed by atoms with E-state index >= 15 is 0 Å². The van der Waals surface area contributed by atoms with Crippen molar-refractivity contribution < 1.29 is 17.5 Å². The van der Waals surface area contributed by atoms with Crippen LogP contribution < -0.4 is 15.4 Å². The highest BCUT2D eigenvalue weighted by Gasteiger charge is 2.11. The second kappa shape index (κ2) is 12.1. The second-order valence-electron chi connectivity index (χ2n) is 5.97. The van der Waals surface area contributed by atoms with Crippen molar-refractivity contribution in [2.24, 2.45) is 4.99 Å². The van der Waals surface area contributed by atoms with Gasteiger partial charge in [-0.15, -0.1) is 24.0 Å². The SMILES string of the molecule is CN=C(NCCOc1ncccc1Cl)NCc1cc(F)ccc1CS(C)(=O)=O.I. The first-order valence-corrected chi connectivity index (χ1v) is 10.8. The number of hydrogen-bond acceptors (Lipinski definition) is 5. The van der Waals surface area contributed by atoms with E-state index in [0.717, 1.165) is 6.26 Å². The van der Waals surface area contributed by atoms with E-state index < -0.39 is 15.7 Å². The van der Waals surface area contributed by atoms with Gasteiger partial charge in [-0.2, -0.15) is 0 Å². The Morgan fingerprint density at radius 2 is 2.03 bits per heavy atom. The van der Waals surface area contributed by atoms with Crippen molar-refractivity contribution in [1.82, 2.24) is 15.6 Å². The van der Waals surface area contributed by atoms with Crippen molar-refractivity contribution in [2.75, 3.05) is 26.5 Å². The zero-order valence-electron chi connectivity index (χ0n) is 16.0. The Balaban J connectivity index is 0.00000420. The van der Waals surface area contributed by atoms with Gasteiger partial charge in [-0.25, -0.2) is 17.8 Å². The summed E-state index contributed by atoms with van der Waals surface area (Å²) in [6.45, 7) is 0.942. The Bertz CT molecular complexity index is 944. The van der Waals surface area contributed by atoms with Gasteiger partial charge in [-0.1, -0.05) is 17.7 Å². The molecule has 1 heterocycles. The summed E-state index contributed by atoms with van der Waals surface area (Å²) in [7, 11) is -1.64. The van der Waals surface area contributed by atoms with Gasteiger partial charge in [0.1, 0.15) is 17.4 Å². The third-order valence-electron chi connectivity index (χ3n) is 3.61. The van der Waals surface area contributed by atoms with Crippen LogP contribution in [-0.2, 0) is 22.1 Å². The van der Waals surface area contributed by atoms with Gasteiger partial charge in [-0.05, 0) is 35.4 Å². The number of aliphatic imine (C=N–C) groups is 1. The van der Waals surface area contributed by atoms with E-state index in [1.165, 1.54) is 18.2 Å². The predicted octanol–water partition coefficient (Wildman–Crippen LogP) is 2.78. The quantitative estimate of drug-likeness (QED) is 0.225. The molecule has 0 saturated heterocycles. The number of ether oxygens (including phenoxy) is 1. The zero-order chi connectivity index (χ0) is 20.6. The second-order valence-corrected chi connectivity index (χ2v) is 8.52. The van der Waals surface area contributed by atoms with Crippen LogP contribution in [-0.4, -0.2) is 45.8 Å². The molecular formula is C18H23ClFIN4O3S. The van der Waals surface area contributed by atoms with Crippen molar-refractivity contribution in [3.63, 3.8) is 0 Å². The number of nitrogens with one attached hydrogen (secondary N) is 2.